The molecule has 2 N–H and O–H groups in total. The third-order valence-electron chi connectivity index (χ3n) is 3.07. The first-order chi connectivity index (χ1) is 7.02. The molecule has 1 saturated carbocycles. The molecule has 0 aliphatic heterocycles. The molecule has 1 aliphatic rings. The Bertz CT molecular complexity index is 208. The summed E-state index contributed by atoms with van der Waals surface area (Å²) < 4.78 is 0. The van der Waals surface area contributed by atoms with Crippen molar-refractivity contribution in [3.8, 4) is 0 Å². The van der Waals surface area contributed by atoms with Gasteiger partial charge in [0, 0.05) is 6.54 Å². The molecule has 0 radical (unpaired) electrons. The van der Waals surface area contributed by atoms with Gasteiger partial charge in [-0.15, -0.1) is 0 Å². The fourth-order valence-corrected chi connectivity index (χ4v) is 2.07. The second-order valence-electron chi connectivity index (χ2n) is 5.14. The summed E-state index contributed by atoms with van der Waals surface area (Å²) >= 11 is 0. The van der Waals surface area contributed by atoms with E-state index in [9.17, 15) is 9.90 Å². The summed E-state index contributed by atoms with van der Waals surface area (Å²) in [6.07, 6.45) is 4.95. The molecule has 1 aliphatic carbocycles. The van der Waals surface area contributed by atoms with Crippen molar-refractivity contribution in [1.29, 1.82) is 0 Å². The van der Waals surface area contributed by atoms with Crippen LogP contribution in [-0.4, -0.2) is 23.2 Å². The fraction of sp³-hybridized carbons (Fsp3) is 0.917. The molecule has 0 aromatic carbocycles. The van der Waals surface area contributed by atoms with E-state index in [1.807, 2.05) is 0 Å². The molecule has 0 unspecified atom stereocenters. The minimum absolute atomic E-state index is 0.0000463. The maximum Gasteiger partial charge on any atom is 0.222 e. The number of hydrogen-bond acceptors (Lipinski definition) is 2. The van der Waals surface area contributed by atoms with Crippen LogP contribution in [0.15, 0.2) is 0 Å². The van der Waals surface area contributed by atoms with E-state index >= 15 is 0 Å². The van der Waals surface area contributed by atoms with Gasteiger partial charge < -0.3 is 10.4 Å². The first-order valence-electron chi connectivity index (χ1n) is 6.01. The highest BCUT2D eigenvalue weighted by Crippen LogP contribution is 2.32. The first kappa shape index (κ1) is 12.5. The summed E-state index contributed by atoms with van der Waals surface area (Å²) in [5, 5.41) is 12.9. The van der Waals surface area contributed by atoms with Crippen LogP contribution in [0.4, 0.5) is 0 Å². The van der Waals surface area contributed by atoms with E-state index in [1.165, 1.54) is 0 Å². The summed E-state index contributed by atoms with van der Waals surface area (Å²) in [7, 11) is 0. The molecular weight excluding hydrogens is 190 g/mol. The molecule has 0 spiro atoms. The van der Waals surface area contributed by atoms with Crippen LogP contribution >= 0.6 is 0 Å². The number of rotatable bonds is 5. The van der Waals surface area contributed by atoms with E-state index in [4.69, 9.17) is 0 Å². The molecule has 1 amide bonds. The number of carbonyl (C=O) groups is 1. The van der Waals surface area contributed by atoms with Crippen LogP contribution < -0.4 is 5.32 Å². The van der Waals surface area contributed by atoms with E-state index in [0.29, 0.717) is 5.92 Å². The van der Waals surface area contributed by atoms with Crippen LogP contribution in [0.3, 0.4) is 0 Å². The van der Waals surface area contributed by atoms with Gasteiger partial charge in [0.05, 0.1) is 12.0 Å². The van der Waals surface area contributed by atoms with Crippen molar-refractivity contribution in [3.05, 3.63) is 0 Å². The molecule has 15 heavy (non-hydrogen) atoms. The topological polar surface area (TPSA) is 49.3 Å². The van der Waals surface area contributed by atoms with Crippen LogP contribution in [-0.2, 0) is 4.79 Å². The summed E-state index contributed by atoms with van der Waals surface area (Å²) in [6, 6.07) is 0. The molecule has 1 fully saturated rings. The van der Waals surface area contributed by atoms with Crippen molar-refractivity contribution < 1.29 is 9.90 Å². The molecule has 0 heterocycles. The number of carbonyl (C=O) groups excluding carboxylic acids is 1. The van der Waals surface area contributed by atoms with Crippen molar-refractivity contribution in [2.75, 3.05) is 6.54 Å². The highest BCUT2D eigenvalue weighted by molar-refractivity contribution is 5.77. The van der Waals surface area contributed by atoms with Crippen molar-refractivity contribution in [1.82, 2.24) is 5.32 Å². The average molecular weight is 213 g/mol. The SMILES string of the molecule is CC(C)CCNC(=O)CC1(O)CCCC1. The Morgan fingerprint density at radius 3 is 2.53 bits per heavy atom. The van der Waals surface area contributed by atoms with Crippen LogP contribution in [0.5, 0.6) is 0 Å². The molecule has 3 heteroatoms. The van der Waals surface area contributed by atoms with Crippen molar-refractivity contribution in [2.24, 2.45) is 5.92 Å². The largest absolute Gasteiger partial charge is 0.389 e. The fourth-order valence-electron chi connectivity index (χ4n) is 2.07. The standard InChI is InChI=1S/C12H23NO2/c1-10(2)5-8-13-11(14)9-12(15)6-3-4-7-12/h10,15H,3-9H2,1-2H3,(H,13,14). The van der Waals surface area contributed by atoms with Gasteiger partial charge in [-0.1, -0.05) is 26.7 Å². The normalized spacial score (nSPS) is 19.5. The number of nitrogens with one attached hydrogen (secondary N) is 1. The second kappa shape index (κ2) is 5.50. The molecule has 0 saturated heterocycles. The minimum Gasteiger partial charge on any atom is -0.389 e. The maximum absolute atomic E-state index is 11.5. The van der Waals surface area contributed by atoms with E-state index in [2.05, 4.69) is 19.2 Å². The van der Waals surface area contributed by atoms with Crippen molar-refractivity contribution >= 4 is 5.91 Å². The summed E-state index contributed by atoms with van der Waals surface area (Å²) in [5.74, 6) is 0.611. The minimum atomic E-state index is -0.706. The molecule has 0 aromatic heterocycles. The monoisotopic (exact) mass is 213 g/mol. The zero-order chi connectivity index (χ0) is 11.3. The third-order valence-corrected chi connectivity index (χ3v) is 3.07. The Morgan fingerprint density at radius 2 is 2.00 bits per heavy atom. The van der Waals surface area contributed by atoms with Crippen molar-refractivity contribution in [2.45, 2.75) is 58.0 Å². The predicted octanol–water partition coefficient (Wildman–Crippen LogP) is 1.84. The zero-order valence-corrected chi connectivity index (χ0v) is 9.88. The Labute approximate surface area is 92.3 Å². The Morgan fingerprint density at radius 1 is 1.40 bits per heavy atom. The summed E-state index contributed by atoms with van der Waals surface area (Å²) in [4.78, 5) is 11.5. The van der Waals surface area contributed by atoms with E-state index < -0.39 is 5.60 Å². The van der Waals surface area contributed by atoms with Crippen LogP contribution in [0.25, 0.3) is 0 Å². The van der Waals surface area contributed by atoms with Gasteiger partial charge in [0.15, 0.2) is 0 Å². The van der Waals surface area contributed by atoms with Gasteiger partial charge in [-0.2, -0.15) is 0 Å². The third kappa shape index (κ3) is 4.65. The van der Waals surface area contributed by atoms with Gasteiger partial charge in [0.25, 0.3) is 0 Å². The highest BCUT2D eigenvalue weighted by Gasteiger charge is 2.33. The Hall–Kier alpha value is -0.570. The lowest BCUT2D eigenvalue weighted by Crippen LogP contribution is -2.35. The number of amides is 1. The van der Waals surface area contributed by atoms with Crippen LogP contribution in [0.1, 0.15) is 52.4 Å². The first-order valence-corrected chi connectivity index (χ1v) is 6.01. The highest BCUT2D eigenvalue weighted by atomic mass is 16.3. The van der Waals surface area contributed by atoms with Crippen molar-refractivity contribution in [3.63, 3.8) is 0 Å². The lowest BCUT2D eigenvalue weighted by atomic mass is 9.97. The predicted molar refractivity (Wildman–Crippen MR) is 60.5 cm³/mol. The van der Waals surface area contributed by atoms with E-state index in [1.54, 1.807) is 0 Å². The Kier molecular flexibility index (Phi) is 4.58. The van der Waals surface area contributed by atoms with Gasteiger partial charge in [-0.3, -0.25) is 4.79 Å². The quantitative estimate of drug-likeness (QED) is 0.732. The molecule has 0 aromatic rings. The molecule has 0 atom stereocenters. The molecule has 1 rings (SSSR count). The molecule has 3 nitrogen and oxygen atoms in total. The average Bonchev–Trinajstić information content (AvgIpc) is 2.50. The van der Waals surface area contributed by atoms with Crippen LogP contribution in [0.2, 0.25) is 0 Å². The smallest absolute Gasteiger partial charge is 0.222 e. The Balaban J connectivity index is 2.18. The molecular formula is C12H23NO2. The summed E-state index contributed by atoms with van der Waals surface area (Å²) in [5.41, 5.74) is -0.706. The van der Waals surface area contributed by atoms with E-state index in [-0.39, 0.29) is 12.3 Å². The number of hydrogen-bond donors (Lipinski definition) is 2. The van der Waals surface area contributed by atoms with Crippen LogP contribution in [0, 0.1) is 5.92 Å². The number of aliphatic hydroxyl groups is 1. The maximum atomic E-state index is 11.5. The van der Waals surface area contributed by atoms with Gasteiger partial charge >= 0.3 is 0 Å². The van der Waals surface area contributed by atoms with E-state index in [0.717, 1.165) is 38.6 Å². The van der Waals surface area contributed by atoms with Gasteiger partial charge in [-0.25, -0.2) is 0 Å². The van der Waals surface area contributed by atoms with Gasteiger partial charge in [-0.05, 0) is 25.2 Å². The lowest BCUT2D eigenvalue weighted by molar-refractivity contribution is -0.125. The zero-order valence-electron chi connectivity index (χ0n) is 9.88. The lowest BCUT2D eigenvalue weighted by Gasteiger charge is -2.21. The molecule has 88 valence electrons. The second-order valence-corrected chi connectivity index (χ2v) is 5.14. The van der Waals surface area contributed by atoms with Gasteiger partial charge in [0.2, 0.25) is 5.91 Å². The molecule has 0 bridgehead atoms. The summed E-state index contributed by atoms with van der Waals surface area (Å²) in [6.45, 7) is 5.00. The van der Waals surface area contributed by atoms with Gasteiger partial charge in [0.1, 0.15) is 0 Å².